The van der Waals surface area contributed by atoms with Crippen LogP contribution in [0.25, 0.3) is 60.5 Å². The van der Waals surface area contributed by atoms with Crippen LogP contribution >= 0.6 is 0 Å². The number of aromatic nitrogens is 1. The summed E-state index contributed by atoms with van der Waals surface area (Å²) >= 11 is 0. The second kappa shape index (κ2) is 11.8. The van der Waals surface area contributed by atoms with Crippen LogP contribution < -0.4 is 4.90 Å². The lowest BCUT2D eigenvalue weighted by molar-refractivity contribution is 1.18. The first kappa shape index (κ1) is 27.9. The molecule has 0 aliphatic carbocycles. The summed E-state index contributed by atoms with van der Waals surface area (Å²) in [5.41, 5.74) is 11.6. The largest absolute Gasteiger partial charge is 0.309 e. The van der Waals surface area contributed by atoms with Gasteiger partial charge < -0.3 is 9.47 Å². The van der Waals surface area contributed by atoms with Gasteiger partial charge in [0.1, 0.15) is 0 Å². The summed E-state index contributed by atoms with van der Waals surface area (Å²) in [5.74, 6) is 0. The Morgan fingerprint density at radius 3 is 1.81 bits per heavy atom. The number of hydrogen-bond acceptors (Lipinski definition) is 1. The number of hydrogen-bond donors (Lipinski definition) is 0. The molecule has 0 atom stereocenters. The summed E-state index contributed by atoms with van der Waals surface area (Å²) in [6.07, 6.45) is 0. The molecule has 9 aromatic rings. The van der Waals surface area contributed by atoms with Gasteiger partial charge in [0.25, 0.3) is 0 Å². The standard InChI is InChI=1S/C46H32N2/c1-4-16-34(17-5-1)41-32-37(36-28-27-33-15-10-11-18-35(33)31-36)29-30-43(41)48(39-21-8-3-9-22-39)45-26-14-25-44-46(45)40-23-12-13-24-42(40)47(44)38-19-6-2-7-20-38/h1-32H. The van der Waals surface area contributed by atoms with Crippen molar-refractivity contribution in [3.8, 4) is 27.9 Å². The minimum Gasteiger partial charge on any atom is -0.309 e. The van der Waals surface area contributed by atoms with Gasteiger partial charge in [-0.05, 0) is 88.1 Å². The molecule has 0 amide bonds. The average Bonchev–Trinajstić information content (AvgIpc) is 3.51. The van der Waals surface area contributed by atoms with Crippen molar-refractivity contribution in [3.05, 3.63) is 194 Å². The number of rotatable bonds is 6. The van der Waals surface area contributed by atoms with E-state index in [9.17, 15) is 0 Å². The van der Waals surface area contributed by atoms with Crippen molar-refractivity contribution in [3.63, 3.8) is 0 Å². The predicted molar refractivity (Wildman–Crippen MR) is 204 cm³/mol. The van der Waals surface area contributed by atoms with Gasteiger partial charge in [-0.15, -0.1) is 0 Å². The van der Waals surface area contributed by atoms with Gasteiger partial charge in [0.2, 0.25) is 0 Å². The Labute approximate surface area is 280 Å². The Bertz CT molecular complexity index is 2550. The van der Waals surface area contributed by atoms with Crippen molar-refractivity contribution in [2.75, 3.05) is 4.90 Å². The van der Waals surface area contributed by atoms with E-state index in [1.54, 1.807) is 0 Å². The molecule has 226 valence electrons. The van der Waals surface area contributed by atoms with Crippen molar-refractivity contribution in [2.45, 2.75) is 0 Å². The third kappa shape index (κ3) is 4.74. The predicted octanol–water partition coefficient (Wildman–Crippen LogP) is 12.7. The third-order valence-corrected chi connectivity index (χ3v) is 9.35. The van der Waals surface area contributed by atoms with Gasteiger partial charge >= 0.3 is 0 Å². The van der Waals surface area contributed by atoms with Crippen LogP contribution in [0.1, 0.15) is 0 Å². The summed E-state index contributed by atoms with van der Waals surface area (Å²) in [6, 6.07) is 69.9. The SMILES string of the molecule is c1ccc(-c2cc(-c3ccc4ccccc4c3)ccc2N(c2ccccc2)c2cccc3c2c2ccccc2n3-c2ccccc2)cc1. The third-order valence-electron chi connectivity index (χ3n) is 9.35. The molecule has 0 fully saturated rings. The fraction of sp³-hybridized carbons (Fsp3) is 0. The average molecular weight is 613 g/mol. The molecule has 0 aliphatic heterocycles. The monoisotopic (exact) mass is 612 g/mol. The molecular weight excluding hydrogens is 581 g/mol. The molecule has 48 heavy (non-hydrogen) atoms. The Morgan fingerprint density at radius 1 is 0.375 bits per heavy atom. The first-order chi connectivity index (χ1) is 23.8. The molecular formula is C46H32N2. The van der Waals surface area contributed by atoms with Crippen LogP contribution in [0.2, 0.25) is 0 Å². The summed E-state index contributed by atoms with van der Waals surface area (Å²) < 4.78 is 2.39. The van der Waals surface area contributed by atoms with Gasteiger partial charge in [0.05, 0.1) is 22.4 Å². The Balaban J connectivity index is 1.33. The molecule has 1 heterocycles. The highest BCUT2D eigenvalue weighted by Crippen LogP contribution is 2.47. The number of nitrogens with zero attached hydrogens (tertiary/aromatic N) is 2. The highest BCUT2D eigenvalue weighted by Gasteiger charge is 2.23. The zero-order valence-corrected chi connectivity index (χ0v) is 26.4. The highest BCUT2D eigenvalue weighted by atomic mass is 15.1. The molecule has 0 aliphatic rings. The lowest BCUT2D eigenvalue weighted by atomic mass is 9.95. The van der Waals surface area contributed by atoms with Crippen LogP contribution in [0.15, 0.2) is 194 Å². The Kier molecular flexibility index (Phi) is 6.84. The van der Waals surface area contributed by atoms with Crippen LogP contribution in [0.4, 0.5) is 17.1 Å². The second-order valence-corrected chi connectivity index (χ2v) is 12.2. The lowest BCUT2D eigenvalue weighted by Gasteiger charge is -2.29. The van der Waals surface area contributed by atoms with Gasteiger partial charge in [0.15, 0.2) is 0 Å². The molecule has 0 unspecified atom stereocenters. The van der Waals surface area contributed by atoms with Gasteiger partial charge in [0, 0.05) is 27.7 Å². The summed E-state index contributed by atoms with van der Waals surface area (Å²) in [4.78, 5) is 2.44. The van der Waals surface area contributed by atoms with Crippen LogP contribution in [-0.2, 0) is 0 Å². The highest BCUT2D eigenvalue weighted by molar-refractivity contribution is 6.17. The molecule has 2 heteroatoms. The fourth-order valence-corrected chi connectivity index (χ4v) is 7.16. The van der Waals surface area contributed by atoms with Gasteiger partial charge in [-0.25, -0.2) is 0 Å². The van der Waals surface area contributed by atoms with Crippen LogP contribution in [0.3, 0.4) is 0 Å². The molecule has 0 bridgehead atoms. The van der Waals surface area contributed by atoms with E-state index in [1.165, 1.54) is 54.8 Å². The first-order valence-electron chi connectivity index (χ1n) is 16.4. The molecule has 9 rings (SSSR count). The van der Waals surface area contributed by atoms with Crippen LogP contribution in [0.5, 0.6) is 0 Å². The summed E-state index contributed by atoms with van der Waals surface area (Å²) in [6.45, 7) is 0. The topological polar surface area (TPSA) is 8.17 Å². The van der Waals surface area contributed by atoms with Gasteiger partial charge in [-0.3, -0.25) is 0 Å². The molecule has 2 nitrogen and oxygen atoms in total. The van der Waals surface area contributed by atoms with E-state index in [4.69, 9.17) is 0 Å². The van der Waals surface area contributed by atoms with Gasteiger partial charge in [-0.2, -0.15) is 0 Å². The van der Waals surface area contributed by atoms with Crippen molar-refractivity contribution in [2.24, 2.45) is 0 Å². The van der Waals surface area contributed by atoms with Crippen LogP contribution in [0, 0.1) is 0 Å². The van der Waals surface area contributed by atoms with Gasteiger partial charge in [-0.1, -0.05) is 133 Å². The van der Waals surface area contributed by atoms with E-state index >= 15 is 0 Å². The van der Waals surface area contributed by atoms with E-state index in [0.717, 1.165) is 22.7 Å². The number of para-hydroxylation sites is 3. The summed E-state index contributed by atoms with van der Waals surface area (Å²) in [5, 5.41) is 4.94. The minimum atomic E-state index is 1.11. The quantitative estimate of drug-likeness (QED) is 0.181. The molecule has 1 aromatic heterocycles. The molecule has 0 N–H and O–H groups in total. The fourth-order valence-electron chi connectivity index (χ4n) is 7.16. The summed E-state index contributed by atoms with van der Waals surface area (Å²) in [7, 11) is 0. The van der Waals surface area contributed by atoms with E-state index in [2.05, 4.69) is 204 Å². The normalized spacial score (nSPS) is 11.3. The first-order valence-corrected chi connectivity index (χ1v) is 16.4. The lowest BCUT2D eigenvalue weighted by Crippen LogP contribution is -2.11. The Hall–Kier alpha value is -6.38. The molecule has 0 saturated carbocycles. The van der Waals surface area contributed by atoms with E-state index in [0.29, 0.717) is 0 Å². The van der Waals surface area contributed by atoms with Crippen LogP contribution in [-0.4, -0.2) is 4.57 Å². The molecule has 8 aromatic carbocycles. The maximum atomic E-state index is 2.44. The number of anilines is 3. The zero-order chi connectivity index (χ0) is 31.9. The minimum absolute atomic E-state index is 1.11. The maximum Gasteiger partial charge on any atom is 0.0562 e. The van der Waals surface area contributed by atoms with Crippen molar-refractivity contribution >= 4 is 49.6 Å². The maximum absolute atomic E-state index is 2.44. The number of fused-ring (bicyclic) bond motifs is 4. The van der Waals surface area contributed by atoms with Crippen molar-refractivity contribution in [1.29, 1.82) is 0 Å². The Morgan fingerprint density at radius 2 is 1.00 bits per heavy atom. The van der Waals surface area contributed by atoms with E-state index in [-0.39, 0.29) is 0 Å². The molecule has 0 saturated heterocycles. The molecule has 0 spiro atoms. The smallest absolute Gasteiger partial charge is 0.0562 e. The van der Waals surface area contributed by atoms with E-state index < -0.39 is 0 Å². The van der Waals surface area contributed by atoms with Crippen molar-refractivity contribution < 1.29 is 0 Å². The zero-order valence-electron chi connectivity index (χ0n) is 26.4. The molecule has 0 radical (unpaired) electrons. The van der Waals surface area contributed by atoms with Crippen molar-refractivity contribution in [1.82, 2.24) is 4.57 Å². The van der Waals surface area contributed by atoms with E-state index in [1.807, 2.05) is 0 Å². The second-order valence-electron chi connectivity index (χ2n) is 12.2. The number of benzene rings is 8.